The Balaban J connectivity index is 1.62. The van der Waals surface area contributed by atoms with Crippen molar-refractivity contribution in [2.45, 2.75) is 25.8 Å². The normalized spacial score (nSPS) is 23.4. The predicted octanol–water partition coefficient (Wildman–Crippen LogP) is 1.08. The lowest BCUT2D eigenvalue weighted by atomic mass is 9.68. The molecule has 0 aromatic carbocycles. The van der Waals surface area contributed by atoms with Gasteiger partial charge in [-0.25, -0.2) is 18.1 Å². The molecule has 24 heavy (non-hydrogen) atoms. The summed E-state index contributed by atoms with van der Waals surface area (Å²) in [6.07, 6.45) is 4.86. The first-order valence-corrected chi connectivity index (χ1v) is 9.65. The van der Waals surface area contributed by atoms with Crippen molar-refractivity contribution in [3.8, 4) is 5.75 Å². The molecule has 2 aliphatic rings. The number of nitrogens with one attached hydrogen (secondary N) is 2. The monoisotopic (exact) mass is 347 g/mol. The number of sulfonamides is 1. The Labute approximate surface area is 140 Å². The zero-order chi connectivity index (χ0) is 16.9. The summed E-state index contributed by atoms with van der Waals surface area (Å²) in [6.45, 7) is 1.63. The van der Waals surface area contributed by atoms with Crippen LogP contribution < -0.4 is 9.38 Å². The number of nitrogens with zero attached hydrogens (tertiary/aromatic N) is 1. The molecular formula is C15H18BN3O4S. The van der Waals surface area contributed by atoms with Crippen molar-refractivity contribution in [1.82, 2.24) is 14.7 Å². The molecule has 1 aliphatic heterocycles. The molecule has 0 saturated heterocycles. The quantitative estimate of drug-likeness (QED) is 0.718. The van der Waals surface area contributed by atoms with E-state index < -0.39 is 17.1 Å². The molecule has 1 fully saturated rings. The van der Waals surface area contributed by atoms with Gasteiger partial charge in [-0.2, -0.15) is 0 Å². The summed E-state index contributed by atoms with van der Waals surface area (Å²) in [7, 11) is -4.19. The molecule has 9 heteroatoms. The summed E-state index contributed by atoms with van der Waals surface area (Å²) < 4.78 is 31.5. The highest BCUT2D eigenvalue weighted by molar-refractivity contribution is 7.89. The van der Waals surface area contributed by atoms with Crippen molar-refractivity contribution in [2.75, 3.05) is 5.75 Å². The number of rotatable bonds is 4. The lowest BCUT2D eigenvalue weighted by Crippen LogP contribution is -2.45. The van der Waals surface area contributed by atoms with Gasteiger partial charge in [-0.1, -0.05) is 0 Å². The van der Waals surface area contributed by atoms with Crippen molar-refractivity contribution in [2.24, 2.45) is 5.92 Å². The first-order valence-electron chi connectivity index (χ1n) is 7.99. The summed E-state index contributed by atoms with van der Waals surface area (Å²) >= 11 is 0. The van der Waals surface area contributed by atoms with Crippen LogP contribution in [0.3, 0.4) is 0 Å². The Morgan fingerprint density at radius 2 is 2.29 bits per heavy atom. The largest absolute Gasteiger partial charge is 0.552 e. The fourth-order valence-electron chi connectivity index (χ4n) is 3.42. The number of pyridine rings is 1. The van der Waals surface area contributed by atoms with E-state index in [0.29, 0.717) is 18.6 Å². The lowest BCUT2D eigenvalue weighted by molar-refractivity contribution is 0.308. The second kappa shape index (κ2) is 5.61. The number of allylic oxidation sites excluding steroid dienone is 1. The van der Waals surface area contributed by atoms with E-state index in [0.717, 1.165) is 22.2 Å². The third-order valence-corrected chi connectivity index (χ3v) is 6.17. The van der Waals surface area contributed by atoms with Gasteiger partial charge in [0.1, 0.15) is 11.4 Å². The summed E-state index contributed by atoms with van der Waals surface area (Å²) in [6, 6.07) is 1.89. The summed E-state index contributed by atoms with van der Waals surface area (Å²) in [4.78, 5) is 7.37. The van der Waals surface area contributed by atoms with Gasteiger partial charge >= 0.3 is 7.12 Å². The Morgan fingerprint density at radius 3 is 3.04 bits per heavy atom. The van der Waals surface area contributed by atoms with E-state index >= 15 is 0 Å². The van der Waals surface area contributed by atoms with E-state index in [-0.39, 0.29) is 17.7 Å². The smallest absolute Gasteiger partial charge is 0.531 e. The zero-order valence-electron chi connectivity index (χ0n) is 13.2. The fourth-order valence-corrected chi connectivity index (χ4v) is 4.29. The molecule has 3 heterocycles. The molecule has 0 atom stereocenters. The average Bonchev–Trinajstić information content (AvgIpc) is 2.98. The van der Waals surface area contributed by atoms with Crippen molar-refractivity contribution < 1.29 is 18.1 Å². The van der Waals surface area contributed by atoms with E-state index in [1.807, 2.05) is 12.3 Å². The van der Waals surface area contributed by atoms with Gasteiger partial charge in [0.25, 0.3) is 0 Å². The van der Waals surface area contributed by atoms with E-state index in [1.165, 1.54) is 0 Å². The highest BCUT2D eigenvalue weighted by Gasteiger charge is 2.38. The van der Waals surface area contributed by atoms with Crippen LogP contribution in [0.4, 0.5) is 0 Å². The van der Waals surface area contributed by atoms with Gasteiger partial charge < -0.3 is 14.7 Å². The maximum absolute atomic E-state index is 11.7. The SMILES string of the molecule is CCS(=O)(=O)N[C@H]1C[C@@H](C2=CB(O)Oc3cnc4[nH]ccc4c32)C1. The molecule has 0 spiro atoms. The molecule has 1 aliphatic carbocycles. The molecule has 0 bridgehead atoms. The van der Waals surface area contributed by atoms with Crippen molar-refractivity contribution >= 4 is 33.7 Å². The van der Waals surface area contributed by atoms with E-state index in [4.69, 9.17) is 4.65 Å². The van der Waals surface area contributed by atoms with Crippen LogP contribution >= 0.6 is 0 Å². The number of H-pyrrole nitrogens is 1. The third kappa shape index (κ3) is 2.62. The number of hydrogen-bond donors (Lipinski definition) is 3. The zero-order valence-corrected chi connectivity index (χ0v) is 14.0. The van der Waals surface area contributed by atoms with Gasteiger partial charge in [0.05, 0.1) is 11.9 Å². The Morgan fingerprint density at radius 1 is 1.50 bits per heavy atom. The topological polar surface area (TPSA) is 104 Å². The van der Waals surface area contributed by atoms with Gasteiger partial charge in [0, 0.05) is 23.2 Å². The summed E-state index contributed by atoms with van der Waals surface area (Å²) in [5, 5.41) is 10.9. The van der Waals surface area contributed by atoms with Crippen LogP contribution in [-0.2, 0) is 10.0 Å². The van der Waals surface area contributed by atoms with Crippen LogP contribution in [0, 0.1) is 5.92 Å². The number of aromatic amines is 1. The predicted molar refractivity (Wildman–Crippen MR) is 91.8 cm³/mol. The lowest BCUT2D eigenvalue weighted by Gasteiger charge is -2.39. The van der Waals surface area contributed by atoms with Gasteiger partial charge in [-0.3, -0.25) is 0 Å². The van der Waals surface area contributed by atoms with E-state index in [2.05, 4.69) is 14.7 Å². The van der Waals surface area contributed by atoms with Gasteiger partial charge in [0.15, 0.2) is 0 Å². The molecule has 0 amide bonds. The molecule has 2 aromatic heterocycles. The highest BCUT2D eigenvalue weighted by Crippen LogP contribution is 2.46. The molecule has 3 N–H and O–H groups in total. The number of hydrogen-bond acceptors (Lipinski definition) is 5. The Hall–Kier alpha value is -1.84. The van der Waals surface area contributed by atoms with Gasteiger partial charge in [0.2, 0.25) is 10.0 Å². The maximum Gasteiger partial charge on any atom is 0.552 e. The molecule has 0 unspecified atom stereocenters. The summed E-state index contributed by atoms with van der Waals surface area (Å²) in [5.74, 6) is 2.54. The standard InChI is InChI=1S/C15H18BN3O4S/c1-2-24(21,22)19-10-5-9(6-10)12-7-16(20)23-13-8-18-15-11(14(12)13)3-4-17-15/h3-4,7-10,19-20H,2,5-6H2,1H3,(H,17,18)/t9-,10+. The summed E-state index contributed by atoms with van der Waals surface area (Å²) in [5.41, 5.74) is 2.71. The minimum absolute atomic E-state index is 0.0483. The van der Waals surface area contributed by atoms with Crippen LogP contribution in [0.2, 0.25) is 0 Å². The van der Waals surface area contributed by atoms with E-state index in [1.54, 1.807) is 19.1 Å². The number of fused-ring (bicyclic) bond motifs is 3. The first kappa shape index (κ1) is 15.7. The van der Waals surface area contributed by atoms with E-state index in [9.17, 15) is 13.4 Å². The molecule has 4 rings (SSSR count). The average molecular weight is 347 g/mol. The van der Waals surface area contributed by atoms with Gasteiger partial charge in [-0.05, 0) is 43.3 Å². The Bertz CT molecular complexity index is 918. The van der Waals surface area contributed by atoms with Gasteiger partial charge in [-0.15, -0.1) is 0 Å². The third-order valence-electron chi connectivity index (χ3n) is 4.71. The van der Waals surface area contributed by atoms with Crippen LogP contribution in [0.15, 0.2) is 24.4 Å². The van der Waals surface area contributed by atoms with Crippen molar-refractivity contribution in [1.29, 1.82) is 0 Å². The minimum atomic E-state index is -3.19. The maximum atomic E-state index is 11.7. The molecule has 7 nitrogen and oxygen atoms in total. The van der Waals surface area contributed by atoms with Crippen LogP contribution in [-0.4, -0.2) is 42.3 Å². The van der Waals surface area contributed by atoms with Crippen LogP contribution in [0.25, 0.3) is 16.6 Å². The minimum Gasteiger partial charge on any atom is -0.531 e. The van der Waals surface area contributed by atoms with Crippen molar-refractivity contribution in [3.63, 3.8) is 0 Å². The van der Waals surface area contributed by atoms with Crippen LogP contribution in [0.1, 0.15) is 25.3 Å². The number of aromatic nitrogens is 2. The second-order valence-corrected chi connectivity index (χ2v) is 8.30. The second-order valence-electron chi connectivity index (χ2n) is 6.25. The van der Waals surface area contributed by atoms with Crippen molar-refractivity contribution in [3.05, 3.63) is 30.0 Å². The Kier molecular flexibility index (Phi) is 3.67. The molecule has 0 radical (unpaired) electrons. The molecule has 2 aromatic rings. The first-order chi connectivity index (χ1) is 11.5. The highest BCUT2D eigenvalue weighted by atomic mass is 32.2. The molecule has 1 saturated carbocycles. The van der Waals surface area contributed by atoms with Crippen LogP contribution in [0.5, 0.6) is 5.75 Å². The fraction of sp³-hybridized carbons (Fsp3) is 0.400. The molecular weight excluding hydrogens is 329 g/mol. The molecule has 126 valence electrons.